The van der Waals surface area contributed by atoms with E-state index in [9.17, 15) is 0 Å². The van der Waals surface area contributed by atoms with Crippen molar-refractivity contribution in [1.82, 2.24) is 0 Å². The maximum Gasteiger partial charge on any atom is 0.0272 e. The summed E-state index contributed by atoms with van der Waals surface area (Å²) in [5.74, 6) is 3.57. The summed E-state index contributed by atoms with van der Waals surface area (Å²) >= 11 is 0. The number of allylic oxidation sites excluding steroid dienone is 2. The molecule has 2 fully saturated rings. The van der Waals surface area contributed by atoms with Gasteiger partial charge in [0.05, 0.1) is 0 Å². The lowest BCUT2D eigenvalue weighted by Gasteiger charge is -2.30. The Balaban J connectivity index is 1.83. The molecule has 0 unspecified atom stereocenters. The lowest BCUT2D eigenvalue weighted by Crippen LogP contribution is -2.23. The maximum absolute atomic E-state index is 8.22. The average Bonchev–Trinajstić information content (AvgIpc) is 2.78. The Labute approximate surface area is 77.9 Å². The van der Waals surface area contributed by atoms with Crippen molar-refractivity contribution in [2.45, 2.75) is 32.6 Å². The monoisotopic (exact) mass is 164 g/mol. The molecular formula is C12H18. The zero-order chi connectivity index (χ0) is 9.71. The second-order valence-electron chi connectivity index (χ2n) is 4.61. The summed E-state index contributed by atoms with van der Waals surface area (Å²) in [5, 5.41) is 0. The van der Waals surface area contributed by atoms with Crippen molar-refractivity contribution in [1.29, 1.82) is 0 Å². The van der Waals surface area contributed by atoms with Crippen LogP contribution < -0.4 is 0 Å². The number of hydrogen-bond acceptors (Lipinski definition) is 0. The third kappa shape index (κ3) is 0.739. The molecule has 0 radical (unpaired) electrons. The summed E-state index contributed by atoms with van der Waals surface area (Å²) in [4.78, 5) is 0. The van der Waals surface area contributed by atoms with Gasteiger partial charge in [-0.1, -0.05) is 25.5 Å². The lowest BCUT2D eigenvalue weighted by atomic mass is 9.75. The van der Waals surface area contributed by atoms with Gasteiger partial charge in [-0.15, -0.1) is 0 Å². The van der Waals surface area contributed by atoms with Crippen molar-refractivity contribution in [2.24, 2.45) is 29.6 Å². The van der Waals surface area contributed by atoms with Crippen LogP contribution in [-0.2, 0) is 0 Å². The first-order valence-electron chi connectivity index (χ1n) is 6.49. The minimum absolute atomic E-state index is 0.159. The van der Waals surface area contributed by atoms with Gasteiger partial charge in [0, 0.05) is 2.74 Å². The van der Waals surface area contributed by atoms with Crippen LogP contribution in [0.2, 0.25) is 0 Å². The molecule has 6 atom stereocenters. The van der Waals surface area contributed by atoms with Crippen LogP contribution >= 0.6 is 0 Å². The molecule has 3 rings (SSSR count). The Hall–Kier alpha value is -0.260. The first-order valence-corrected chi connectivity index (χ1v) is 5.21. The predicted octanol–water partition coefficient (Wildman–Crippen LogP) is 3.24. The first-order chi connectivity index (χ1) is 6.83. The fraction of sp³-hybridized carbons (Fsp3) is 0.833. The second-order valence-corrected chi connectivity index (χ2v) is 4.61. The molecule has 0 nitrogen and oxygen atoms in total. The molecule has 0 heterocycles. The van der Waals surface area contributed by atoms with Gasteiger partial charge in [0.15, 0.2) is 0 Å². The van der Waals surface area contributed by atoms with Crippen LogP contribution in [0.25, 0.3) is 0 Å². The van der Waals surface area contributed by atoms with E-state index in [0.29, 0.717) is 18.7 Å². The molecule has 0 aromatic heterocycles. The summed E-state index contributed by atoms with van der Waals surface area (Å²) in [6.07, 6.45) is 8.37. The van der Waals surface area contributed by atoms with Crippen LogP contribution in [-0.4, -0.2) is 0 Å². The van der Waals surface area contributed by atoms with E-state index in [2.05, 4.69) is 12.2 Å². The van der Waals surface area contributed by atoms with Gasteiger partial charge in [-0.25, -0.2) is 0 Å². The van der Waals surface area contributed by atoms with Crippen molar-refractivity contribution >= 4 is 0 Å². The van der Waals surface area contributed by atoms with Crippen LogP contribution in [0, 0.1) is 29.6 Å². The first kappa shape index (κ1) is 5.47. The van der Waals surface area contributed by atoms with Crippen molar-refractivity contribution < 1.29 is 2.74 Å². The Morgan fingerprint density at radius 3 is 3.50 bits per heavy atom. The van der Waals surface area contributed by atoms with Crippen LogP contribution in [0.15, 0.2) is 12.2 Å². The molecule has 2 bridgehead atoms. The minimum Gasteiger partial charge on any atom is -0.0879 e. The van der Waals surface area contributed by atoms with Crippen molar-refractivity contribution in [2.75, 3.05) is 0 Å². The third-order valence-corrected chi connectivity index (χ3v) is 4.23. The third-order valence-electron chi connectivity index (χ3n) is 4.23. The molecule has 0 aromatic rings. The van der Waals surface area contributed by atoms with Gasteiger partial charge in [0.25, 0.3) is 0 Å². The molecule has 66 valence electrons. The Morgan fingerprint density at radius 1 is 1.58 bits per heavy atom. The molecule has 0 aliphatic heterocycles. The molecule has 0 heteroatoms. The fourth-order valence-corrected chi connectivity index (χ4v) is 3.71. The SMILES string of the molecule is [2H]CC[C@@H]1[C@H]([2H])[C@@H]2C[C@H]1[C@H]1C=CC[C@H]12. The van der Waals surface area contributed by atoms with E-state index in [1.165, 1.54) is 12.8 Å². The molecule has 0 saturated heterocycles. The number of fused-ring (bicyclic) bond motifs is 5. The second kappa shape index (κ2) is 2.37. The van der Waals surface area contributed by atoms with Gasteiger partial charge >= 0.3 is 0 Å². The molecule has 3 aliphatic rings. The maximum atomic E-state index is 8.22. The summed E-state index contributed by atoms with van der Waals surface area (Å²) in [5.41, 5.74) is 0. The zero-order valence-electron chi connectivity index (χ0n) is 9.45. The molecule has 2 saturated carbocycles. The van der Waals surface area contributed by atoms with Crippen molar-refractivity contribution in [3.63, 3.8) is 0 Å². The molecule has 12 heavy (non-hydrogen) atoms. The fourth-order valence-electron chi connectivity index (χ4n) is 3.71. The molecule has 0 amide bonds. The zero-order valence-corrected chi connectivity index (χ0v) is 7.45. The average molecular weight is 164 g/mol. The minimum atomic E-state index is 0.159. The van der Waals surface area contributed by atoms with Crippen molar-refractivity contribution in [3.05, 3.63) is 12.2 Å². The van der Waals surface area contributed by atoms with E-state index in [-0.39, 0.29) is 6.40 Å². The largest absolute Gasteiger partial charge is 0.0879 e. The molecule has 3 aliphatic carbocycles. The van der Waals surface area contributed by atoms with Crippen LogP contribution in [0.1, 0.15) is 35.3 Å². The van der Waals surface area contributed by atoms with Gasteiger partial charge in [0.1, 0.15) is 0 Å². The van der Waals surface area contributed by atoms with Gasteiger partial charge in [0.2, 0.25) is 0 Å². The Morgan fingerprint density at radius 2 is 2.58 bits per heavy atom. The van der Waals surface area contributed by atoms with Gasteiger partial charge in [-0.05, 0) is 48.8 Å². The quantitative estimate of drug-likeness (QED) is 0.522. The highest BCUT2D eigenvalue weighted by Crippen LogP contribution is 2.59. The van der Waals surface area contributed by atoms with Crippen LogP contribution in [0.5, 0.6) is 0 Å². The van der Waals surface area contributed by atoms with Crippen LogP contribution in [0.3, 0.4) is 0 Å². The normalized spacial score (nSPS) is 63.3. The molecule has 0 aromatic carbocycles. The van der Waals surface area contributed by atoms with E-state index in [4.69, 9.17) is 2.74 Å². The van der Waals surface area contributed by atoms with Gasteiger partial charge < -0.3 is 0 Å². The smallest absolute Gasteiger partial charge is 0.0272 e. The summed E-state index contributed by atoms with van der Waals surface area (Å²) in [6, 6.07) is 0. The topological polar surface area (TPSA) is 0 Å². The Kier molecular flexibility index (Phi) is 1.08. The van der Waals surface area contributed by atoms with Crippen molar-refractivity contribution in [3.8, 4) is 0 Å². The Bertz CT molecular complexity index is 261. The predicted molar refractivity (Wildman–Crippen MR) is 50.7 cm³/mol. The standard InChI is InChI=1S/C12H18/c1-2-8-6-9-7-12(8)11-5-3-4-10(9)11/h3,5,8-12H,2,4,6-7H2,1H3/t8-,9-,10+,11+,12-/m1/s1/i1D,6D/t6-,8+,9+,10-,11-,12+/m0. The highest BCUT2D eigenvalue weighted by atomic mass is 14.6. The van der Waals surface area contributed by atoms with E-state index >= 15 is 0 Å². The molecule has 0 N–H and O–H groups in total. The number of rotatable bonds is 1. The van der Waals surface area contributed by atoms with E-state index in [1.54, 1.807) is 0 Å². The molecular weight excluding hydrogens is 144 g/mol. The summed E-state index contributed by atoms with van der Waals surface area (Å²) in [6.45, 7) is 0.518. The van der Waals surface area contributed by atoms with Gasteiger partial charge in [-0.3, -0.25) is 0 Å². The molecule has 0 spiro atoms. The van der Waals surface area contributed by atoms with E-state index in [0.717, 1.165) is 24.2 Å². The van der Waals surface area contributed by atoms with Crippen LogP contribution in [0.4, 0.5) is 0 Å². The summed E-state index contributed by atoms with van der Waals surface area (Å²) < 4.78 is 15.5. The highest BCUT2D eigenvalue weighted by Gasteiger charge is 2.51. The van der Waals surface area contributed by atoms with E-state index in [1.807, 2.05) is 0 Å². The number of hydrogen-bond donors (Lipinski definition) is 0. The lowest BCUT2D eigenvalue weighted by molar-refractivity contribution is 0.207. The van der Waals surface area contributed by atoms with Gasteiger partial charge in [-0.2, -0.15) is 0 Å². The van der Waals surface area contributed by atoms with E-state index < -0.39 is 0 Å². The highest BCUT2D eigenvalue weighted by molar-refractivity contribution is 5.13. The summed E-state index contributed by atoms with van der Waals surface area (Å²) in [7, 11) is 0.